The van der Waals surface area contributed by atoms with E-state index < -0.39 is 17.1 Å². The van der Waals surface area contributed by atoms with Gasteiger partial charge in [-0.1, -0.05) is 12.1 Å². The number of hydrogen-bond acceptors (Lipinski definition) is 5. The van der Waals surface area contributed by atoms with E-state index in [1.54, 1.807) is 0 Å². The fraction of sp³-hybridized carbons (Fsp3) is 0.400. The maximum Gasteiger partial charge on any atom is 0.275 e. The molecule has 2 unspecified atom stereocenters. The van der Waals surface area contributed by atoms with Crippen LogP contribution in [0, 0.1) is 10.1 Å². The van der Waals surface area contributed by atoms with Crippen molar-refractivity contribution < 1.29 is 20.2 Å². The molecule has 0 fully saturated rings. The highest BCUT2D eigenvalue weighted by atomic mass is 16.6. The van der Waals surface area contributed by atoms with Gasteiger partial charge >= 0.3 is 0 Å². The summed E-state index contributed by atoms with van der Waals surface area (Å²) in [6.07, 6.45) is -2.62. The van der Waals surface area contributed by atoms with Gasteiger partial charge in [-0.25, -0.2) is 0 Å². The third-order valence-electron chi connectivity index (χ3n) is 2.24. The van der Waals surface area contributed by atoms with E-state index in [-0.39, 0.29) is 24.3 Å². The summed E-state index contributed by atoms with van der Waals surface area (Å²) in [4.78, 5) is 10.0. The highest BCUT2D eigenvalue weighted by Crippen LogP contribution is 2.27. The Hall–Kier alpha value is -1.50. The summed E-state index contributed by atoms with van der Waals surface area (Å²) in [6.45, 7) is -0.293. The van der Waals surface area contributed by atoms with E-state index in [1.807, 2.05) is 0 Å². The highest BCUT2D eigenvalue weighted by Gasteiger charge is 2.25. The number of nitrogens with zero attached hydrogens (tertiary/aromatic N) is 1. The van der Waals surface area contributed by atoms with E-state index in [1.165, 1.54) is 24.3 Å². The number of nitro benzene ring substituents is 1. The van der Waals surface area contributed by atoms with Crippen LogP contribution in [0.25, 0.3) is 0 Å². The molecule has 6 heteroatoms. The molecule has 0 saturated carbocycles. The number of rotatable bonds is 5. The van der Waals surface area contributed by atoms with E-state index in [0.29, 0.717) is 0 Å². The predicted octanol–water partition coefficient (Wildman–Crippen LogP) is 0.371. The van der Waals surface area contributed by atoms with Gasteiger partial charge in [0.25, 0.3) is 5.69 Å². The molecule has 6 nitrogen and oxygen atoms in total. The van der Waals surface area contributed by atoms with Crippen LogP contribution in [0.15, 0.2) is 24.3 Å². The molecule has 1 rings (SSSR count). The Morgan fingerprint density at radius 2 is 1.94 bits per heavy atom. The van der Waals surface area contributed by atoms with Gasteiger partial charge in [0.05, 0.1) is 16.6 Å². The van der Waals surface area contributed by atoms with Gasteiger partial charge < -0.3 is 15.3 Å². The highest BCUT2D eigenvalue weighted by molar-refractivity contribution is 5.41. The van der Waals surface area contributed by atoms with Crippen molar-refractivity contribution >= 4 is 5.69 Å². The molecule has 1 aromatic carbocycles. The smallest absolute Gasteiger partial charge is 0.275 e. The quantitative estimate of drug-likeness (QED) is 0.498. The molecule has 0 radical (unpaired) electrons. The van der Waals surface area contributed by atoms with Crippen LogP contribution in [0.1, 0.15) is 18.1 Å². The minimum Gasteiger partial charge on any atom is -0.396 e. The standard InChI is InChI=1S/C10H13NO5/c12-6-5-9(13)10(14)7-3-1-2-4-8(7)11(15)16/h1-4,9-10,12-14H,5-6H2. The molecular formula is C10H13NO5. The number of hydrogen-bond donors (Lipinski definition) is 3. The van der Waals surface area contributed by atoms with Crippen molar-refractivity contribution in [3.63, 3.8) is 0 Å². The van der Waals surface area contributed by atoms with Crippen molar-refractivity contribution in [2.24, 2.45) is 0 Å². The summed E-state index contributed by atoms with van der Waals surface area (Å²) in [5.74, 6) is 0. The molecule has 0 saturated heterocycles. The molecule has 2 atom stereocenters. The second kappa shape index (κ2) is 5.55. The lowest BCUT2D eigenvalue weighted by Gasteiger charge is -2.16. The fourth-order valence-corrected chi connectivity index (χ4v) is 1.40. The molecular weight excluding hydrogens is 214 g/mol. The first-order valence-electron chi connectivity index (χ1n) is 4.78. The summed E-state index contributed by atoms with van der Waals surface area (Å²) >= 11 is 0. The molecule has 0 aliphatic rings. The zero-order valence-electron chi connectivity index (χ0n) is 8.48. The maximum absolute atomic E-state index is 10.7. The number of nitro groups is 1. The third-order valence-corrected chi connectivity index (χ3v) is 2.24. The van der Waals surface area contributed by atoms with Gasteiger partial charge in [0, 0.05) is 12.7 Å². The molecule has 16 heavy (non-hydrogen) atoms. The minimum atomic E-state index is -1.37. The lowest BCUT2D eigenvalue weighted by Crippen LogP contribution is -2.20. The van der Waals surface area contributed by atoms with Crippen LogP contribution in [0.5, 0.6) is 0 Å². The van der Waals surface area contributed by atoms with Gasteiger partial charge in [-0.15, -0.1) is 0 Å². The second-order valence-electron chi connectivity index (χ2n) is 3.34. The van der Waals surface area contributed by atoms with E-state index in [9.17, 15) is 20.3 Å². The summed E-state index contributed by atoms with van der Waals surface area (Å²) < 4.78 is 0. The Bertz CT molecular complexity index is 368. The molecule has 88 valence electrons. The Balaban J connectivity index is 2.98. The van der Waals surface area contributed by atoms with Crippen LogP contribution >= 0.6 is 0 Å². The van der Waals surface area contributed by atoms with Crippen LogP contribution in [0.3, 0.4) is 0 Å². The van der Waals surface area contributed by atoms with Crippen molar-refractivity contribution in [3.8, 4) is 0 Å². The largest absolute Gasteiger partial charge is 0.396 e. The Morgan fingerprint density at radius 3 is 2.50 bits per heavy atom. The summed E-state index contributed by atoms with van der Waals surface area (Å²) in [7, 11) is 0. The van der Waals surface area contributed by atoms with Crippen molar-refractivity contribution in [1.82, 2.24) is 0 Å². The first-order valence-corrected chi connectivity index (χ1v) is 4.78. The Kier molecular flexibility index (Phi) is 4.36. The fourth-order valence-electron chi connectivity index (χ4n) is 1.40. The van der Waals surface area contributed by atoms with Crippen molar-refractivity contribution in [1.29, 1.82) is 0 Å². The number of aliphatic hydroxyl groups excluding tert-OH is 3. The number of aliphatic hydroxyl groups is 3. The normalized spacial score (nSPS) is 14.4. The number of benzene rings is 1. The van der Waals surface area contributed by atoms with Gasteiger partial charge in [0.2, 0.25) is 0 Å². The predicted molar refractivity (Wildman–Crippen MR) is 55.8 cm³/mol. The maximum atomic E-state index is 10.7. The first kappa shape index (κ1) is 12.6. The molecule has 3 N–H and O–H groups in total. The minimum absolute atomic E-state index is 0.0345. The average molecular weight is 227 g/mol. The van der Waals surface area contributed by atoms with Gasteiger partial charge in [-0.05, 0) is 12.5 Å². The van der Waals surface area contributed by atoms with Crippen LogP contribution in [0.4, 0.5) is 5.69 Å². The average Bonchev–Trinajstić information content (AvgIpc) is 2.28. The molecule has 0 aliphatic carbocycles. The van der Waals surface area contributed by atoms with Crippen LogP contribution in [-0.4, -0.2) is 33.0 Å². The van der Waals surface area contributed by atoms with Gasteiger partial charge in [0.1, 0.15) is 6.10 Å². The molecule has 0 aliphatic heterocycles. The summed E-state index contributed by atoms with van der Waals surface area (Å²) in [5.41, 5.74) is -0.194. The lowest BCUT2D eigenvalue weighted by molar-refractivity contribution is -0.386. The van der Waals surface area contributed by atoms with E-state index in [2.05, 4.69) is 0 Å². The Labute approximate surface area is 91.9 Å². The summed E-state index contributed by atoms with van der Waals surface area (Å²) in [6, 6.07) is 5.65. The molecule has 0 heterocycles. The van der Waals surface area contributed by atoms with Gasteiger partial charge in [-0.2, -0.15) is 0 Å². The topological polar surface area (TPSA) is 104 Å². The zero-order chi connectivity index (χ0) is 12.1. The Morgan fingerprint density at radius 1 is 1.31 bits per heavy atom. The molecule has 0 bridgehead atoms. The lowest BCUT2D eigenvalue weighted by atomic mass is 10.0. The van der Waals surface area contributed by atoms with Crippen molar-refractivity contribution in [2.75, 3.05) is 6.61 Å². The van der Waals surface area contributed by atoms with Gasteiger partial charge in [0.15, 0.2) is 0 Å². The molecule has 1 aromatic rings. The van der Waals surface area contributed by atoms with E-state index >= 15 is 0 Å². The van der Waals surface area contributed by atoms with Crippen molar-refractivity contribution in [3.05, 3.63) is 39.9 Å². The SMILES string of the molecule is O=[N+]([O-])c1ccccc1C(O)C(O)CCO. The van der Waals surface area contributed by atoms with Gasteiger partial charge in [-0.3, -0.25) is 10.1 Å². The molecule has 0 amide bonds. The van der Waals surface area contributed by atoms with Crippen molar-refractivity contribution in [2.45, 2.75) is 18.6 Å². The van der Waals surface area contributed by atoms with E-state index in [0.717, 1.165) is 0 Å². The zero-order valence-corrected chi connectivity index (χ0v) is 8.48. The van der Waals surface area contributed by atoms with Crippen LogP contribution < -0.4 is 0 Å². The first-order chi connectivity index (χ1) is 7.57. The molecule has 0 aromatic heterocycles. The summed E-state index contributed by atoms with van der Waals surface area (Å²) in [5, 5.41) is 38.4. The third kappa shape index (κ3) is 2.75. The monoisotopic (exact) mass is 227 g/mol. The van der Waals surface area contributed by atoms with E-state index in [4.69, 9.17) is 5.11 Å². The van der Waals surface area contributed by atoms with Crippen LogP contribution in [-0.2, 0) is 0 Å². The molecule has 0 spiro atoms. The second-order valence-corrected chi connectivity index (χ2v) is 3.34. The van der Waals surface area contributed by atoms with Crippen LogP contribution in [0.2, 0.25) is 0 Å². The number of para-hydroxylation sites is 1.